The quantitative estimate of drug-likeness (QED) is 0.620. The summed E-state index contributed by atoms with van der Waals surface area (Å²) in [7, 11) is 1.46. The second-order valence-electron chi connectivity index (χ2n) is 4.44. The van der Waals surface area contributed by atoms with Crippen LogP contribution in [0.4, 0.5) is 0 Å². The van der Waals surface area contributed by atoms with Crippen LogP contribution in [0.3, 0.4) is 0 Å². The van der Waals surface area contributed by atoms with Gasteiger partial charge in [0.15, 0.2) is 0 Å². The van der Waals surface area contributed by atoms with Crippen LogP contribution in [0.25, 0.3) is 0 Å². The highest BCUT2D eigenvalue weighted by molar-refractivity contribution is 8.13. The van der Waals surface area contributed by atoms with Crippen LogP contribution in [0.5, 0.6) is 0 Å². The van der Waals surface area contributed by atoms with Crippen LogP contribution in [0.1, 0.15) is 23.2 Å². The molecule has 0 radical (unpaired) electrons. The van der Waals surface area contributed by atoms with E-state index in [2.05, 4.69) is 6.58 Å². The molecular weight excluding hydrogens is 286 g/mol. The van der Waals surface area contributed by atoms with Gasteiger partial charge in [0.2, 0.25) is 0 Å². The maximum absolute atomic E-state index is 12.3. The SMILES string of the molecule is C=CCN(C(=O)c1cccc(S(=O)(=O)Cl)c1)C1CC1. The molecular formula is C13H14ClNO3S. The molecule has 4 nitrogen and oxygen atoms in total. The lowest BCUT2D eigenvalue weighted by molar-refractivity contribution is 0.0762. The van der Waals surface area contributed by atoms with E-state index in [-0.39, 0.29) is 16.8 Å². The highest BCUT2D eigenvalue weighted by Gasteiger charge is 2.32. The minimum Gasteiger partial charge on any atom is -0.332 e. The van der Waals surface area contributed by atoms with E-state index in [0.29, 0.717) is 12.1 Å². The molecule has 19 heavy (non-hydrogen) atoms. The lowest BCUT2D eigenvalue weighted by Gasteiger charge is -2.20. The Labute approximate surface area is 117 Å². The number of carbonyl (C=O) groups excluding carboxylic acids is 1. The highest BCUT2D eigenvalue weighted by atomic mass is 35.7. The van der Waals surface area contributed by atoms with Crippen molar-refractivity contribution in [3.8, 4) is 0 Å². The predicted molar refractivity (Wildman–Crippen MR) is 73.7 cm³/mol. The van der Waals surface area contributed by atoms with E-state index in [0.717, 1.165) is 12.8 Å². The molecule has 1 saturated carbocycles. The zero-order chi connectivity index (χ0) is 14.0. The minimum atomic E-state index is -3.82. The van der Waals surface area contributed by atoms with Gasteiger partial charge in [-0.1, -0.05) is 12.1 Å². The summed E-state index contributed by atoms with van der Waals surface area (Å²) >= 11 is 0. The molecule has 0 aromatic heterocycles. The average molecular weight is 300 g/mol. The van der Waals surface area contributed by atoms with E-state index in [1.54, 1.807) is 17.0 Å². The molecule has 2 rings (SSSR count). The lowest BCUT2D eigenvalue weighted by atomic mass is 10.2. The summed E-state index contributed by atoms with van der Waals surface area (Å²) in [6.45, 7) is 4.09. The Hall–Kier alpha value is -1.33. The summed E-state index contributed by atoms with van der Waals surface area (Å²) < 4.78 is 22.5. The van der Waals surface area contributed by atoms with Crippen LogP contribution in [0.2, 0.25) is 0 Å². The zero-order valence-electron chi connectivity index (χ0n) is 10.3. The van der Waals surface area contributed by atoms with Crippen molar-refractivity contribution in [3.63, 3.8) is 0 Å². The molecule has 0 heterocycles. The minimum absolute atomic E-state index is 0.0608. The van der Waals surface area contributed by atoms with E-state index in [9.17, 15) is 13.2 Å². The molecule has 6 heteroatoms. The molecule has 0 N–H and O–H groups in total. The molecule has 1 aliphatic carbocycles. The molecule has 1 aliphatic rings. The third-order valence-electron chi connectivity index (χ3n) is 2.94. The standard InChI is InChI=1S/C13H14ClNO3S/c1-2-8-15(11-6-7-11)13(16)10-4-3-5-12(9-10)19(14,17)18/h2-5,9,11H,1,6-8H2. The molecule has 102 valence electrons. The number of hydrogen-bond acceptors (Lipinski definition) is 3. The van der Waals surface area contributed by atoms with Crippen LogP contribution < -0.4 is 0 Å². The lowest BCUT2D eigenvalue weighted by Crippen LogP contribution is -2.33. The van der Waals surface area contributed by atoms with Crippen molar-refractivity contribution in [1.82, 2.24) is 4.90 Å². The van der Waals surface area contributed by atoms with E-state index >= 15 is 0 Å². The molecule has 1 amide bonds. The third kappa shape index (κ3) is 3.36. The van der Waals surface area contributed by atoms with Gasteiger partial charge in [0.25, 0.3) is 15.0 Å². The second-order valence-corrected chi connectivity index (χ2v) is 7.01. The predicted octanol–water partition coefficient (Wildman–Crippen LogP) is 2.40. The van der Waals surface area contributed by atoms with E-state index in [1.807, 2.05) is 0 Å². The summed E-state index contributed by atoms with van der Waals surface area (Å²) in [5.74, 6) is -0.190. The van der Waals surface area contributed by atoms with Crippen molar-refractivity contribution in [3.05, 3.63) is 42.5 Å². The van der Waals surface area contributed by atoms with Gasteiger partial charge < -0.3 is 4.90 Å². The Morgan fingerprint density at radius 2 is 2.16 bits per heavy atom. The van der Waals surface area contributed by atoms with Gasteiger partial charge in [-0.3, -0.25) is 4.79 Å². The van der Waals surface area contributed by atoms with Crippen LogP contribution >= 0.6 is 10.7 Å². The van der Waals surface area contributed by atoms with Crippen LogP contribution in [0, 0.1) is 0 Å². The van der Waals surface area contributed by atoms with Crippen molar-refractivity contribution in [1.29, 1.82) is 0 Å². The zero-order valence-corrected chi connectivity index (χ0v) is 11.8. The fourth-order valence-corrected chi connectivity index (χ4v) is 2.67. The molecule has 1 aromatic carbocycles. The smallest absolute Gasteiger partial charge is 0.261 e. The number of halogens is 1. The van der Waals surface area contributed by atoms with Gasteiger partial charge in [0.05, 0.1) is 4.90 Å². The van der Waals surface area contributed by atoms with Crippen LogP contribution in [-0.4, -0.2) is 31.8 Å². The molecule has 0 spiro atoms. The molecule has 1 aromatic rings. The van der Waals surface area contributed by atoms with Gasteiger partial charge in [0.1, 0.15) is 0 Å². The van der Waals surface area contributed by atoms with Crippen molar-refractivity contribution >= 4 is 25.6 Å². The Kier molecular flexibility index (Phi) is 3.96. The molecule has 0 bridgehead atoms. The second kappa shape index (κ2) is 5.35. The van der Waals surface area contributed by atoms with Gasteiger partial charge in [-0.25, -0.2) is 8.42 Å². The number of carbonyl (C=O) groups is 1. The first kappa shape index (κ1) is 14.1. The summed E-state index contributed by atoms with van der Waals surface area (Å²) in [6.07, 6.45) is 3.62. The first-order valence-corrected chi connectivity index (χ1v) is 8.21. The van der Waals surface area contributed by atoms with Crippen LogP contribution in [-0.2, 0) is 9.05 Å². The number of benzene rings is 1. The van der Waals surface area contributed by atoms with Gasteiger partial charge in [-0.2, -0.15) is 0 Å². The van der Waals surface area contributed by atoms with E-state index < -0.39 is 9.05 Å². The average Bonchev–Trinajstić information content (AvgIpc) is 3.18. The molecule has 0 aliphatic heterocycles. The van der Waals surface area contributed by atoms with Crippen molar-refractivity contribution < 1.29 is 13.2 Å². The summed E-state index contributed by atoms with van der Waals surface area (Å²) in [6, 6.07) is 6.02. The topological polar surface area (TPSA) is 54.5 Å². The maximum Gasteiger partial charge on any atom is 0.261 e. The highest BCUT2D eigenvalue weighted by Crippen LogP contribution is 2.28. The van der Waals surface area contributed by atoms with Crippen molar-refractivity contribution in [2.45, 2.75) is 23.8 Å². The number of amides is 1. The Balaban J connectivity index is 2.30. The molecule has 0 saturated heterocycles. The van der Waals surface area contributed by atoms with Crippen LogP contribution in [0.15, 0.2) is 41.8 Å². The number of rotatable bonds is 5. The molecule has 1 fully saturated rings. The first-order chi connectivity index (χ1) is 8.93. The Morgan fingerprint density at radius 3 is 2.68 bits per heavy atom. The summed E-state index contributed by atoms with van der Waals surface area (Å²) in [4.78, 5) is 14.0. The van der Waals surface area contributed by atoms with Crippen molar-refractivity contribution in [2.75, 3.05) is 6.54 Å². The normalized spacial score (nSPS) is 15.0. The van der Waals surface area contributed by atoms with E-state index in [1.165, 1.54) is 18.2 Å². The number of nitrogens with zero attached hydrogens (tertiary/aromatic N) is 1. The Bertz CT molecular complexity index is 608. The Morgan fingerprint density at radius 1 is 1.47 bits per heavy atom. The molecule has 0 unspecified atom stereocenters. The third-order valence-corrected chi connectivity index (χ3v) is 4.29. The maximum atomic E-state index is 12.3. The van der Waals surface area contributed by atoms with E-state index in [4.69, 9.17) is 10.7 Å². The van der Waals surface area contributed by atoms with Crippen molar-refractivity contribution in [2.24, 2.45) is 0 Å². The molecule has 0 atom stereocenters. The fraction of sp³-hybridized carbons (Fsp3) is 0.308. The van der Waals surface area contributed by atoms with Gasteiger partial charge in [0, 0.05) is 28.8 Å². The summed E-state index contributed by atoms with van der Waals surface area (Å²) in [5.41, 5.74) is 0.329. The number of hydrogen-bond donors (Lipinski definition) is 0. The van der Waals surface area contributed by atoms with Gasteiger partial charge in [-0.15, -0.1) is 6.58 Å². The van der Waals surface area contributed by atoms with Gasteiger partial charge >= 0.3 is 0 Å². The summed E-state index contributed by atoms with van der Waals surface area (Å²) in [5, 5.41) is 0. The van der Waals surface area contributed by atoms with Gasteiger partial charge in [-0.05, 0) is 31.0 Å². The fourth-order valence-electron chi connectivity index (χ4n) is 1.87. The first-order valence-electron chi connectivity index (χ1n) is 5.90. The monoisotopic (exact) mass is 299 g/mol. The largest absolute Gasteiger partial charge is 0.332 e.